The van der Waals surface area contributed by atoms with Crippen molar-refractivity contribution >= 4 is 11.8 Å². The summed E-state index contributed by atoms with van der Waals surface area (Å²) in [6.07, 6.45) is -4.20. The van der Waals surface area contributed by atoms with E-state index in [1.54, 1.807) is 0 Å². The van der Waals surface area contributed by atoms with Gasteiger partial charge in [-0.15, -0.1) is 13.2 Å². The Balaban J connectivity index is 2.80. The highest BCUT2D eigenvalue weighted by atomic mass is 19.4. The summed E-state index contributed by atoms with van der Waals surface area (Å²) in [6, 6.07) is 4.02. The van der Waals surface area contributed by atoms with Crippen molar-refractivity contribution in [2.75, 3.05) is 6.61 Å². The molecule has 0 radical (unpaired) electrons. The van der Waals surface area contributed by atoms with Crippen molar-refractivity contribution in [3.05, 3.63) is 41.7 Å². The van der Waals surface area contributed by atoms with Gasteiger partial charge < -0.3 is 14.6 Å². The van der Waals surface area contributed by atoms with Crippen LogP contribution in [0.5, 0.6) is 5.75 Å². The van der Waals surface area contributed by atoms with Gasteiger partial charge in [-0.3, -0.25) is 4.79 Å². The predicted octanol–water partition coefficient (Wildman–Crippen LogP) is 2.77. The van der Waals surface area contributed by atoms with E-state index in [0.29, 0.717) is 6.08 Å². The molecular weight excluding hydrogens is 293 g/mol. The van der Waals surface area contributed by atoms with Crippen molar-refractivity contribution in [3.8, 4) is 5.75 Å². The third kappa shape index (κ3) is 5.55. The van der Waals surface area contributed by atoms with E-state index in [4.69, 9.17) is 0 Å². The second-order valence-corrected chi connectivity index (χ2v) is 3.69. The van der Waals surface area contributed by atoms with Crippen LogP contribution in [-0.2, 0) is 9.53 Å². The van der Waals surface area contributed by atoms with Gasteiger partial charge in [0.2, 0.25) is 5.76 Å². The topological polar surface area (TPSA) is 72.8 Å². The lowest BCUT2D eigenvalue weighted by atomic mass is 10.1. The molecular formula is C13H11F3O5. The van der Waals surface area contributed by atoms with Gasteiger partial charge in [-0.25, -0.2) is 4.79 Å². The molecule has 0 bridgehead atoms. The number of halogens is 3. The van der Waals surface area contributed by atoms with Crippen molar-refractivity contribution in [1.29, 1.82) is 0 Å². The highest BCUT2D eigenvalue weighted by Crippen LogP contribution is 2.22. The minimum absolute atomic E-state index is 0.0222. The molecule has 0 aliphatic carbocycles. The first-order valence-electron chi connectivity index (χ1n) is 5.71. The molecule has 0 fully saturated rings. The Morgan fingerprint density at radius 2 is 1.81 bits per heavy atom. The van der Waals surface area contributed by atoms with Crippen LogP contribution in [0.2, 0.25) is 0 Å². The molecule has 0 spiro atoms. The molecule has 0 aliphatic rings. The summed E-state index contributed by atoms with van der Waals surface area (Å²) in [5.41, 5.74) is -0.0274. The van der Waals surface area contributed by atoms with E-state index in [2.05, 4.69) is 9.47 Å². The third-order valence-corrected chi connectivity index (χ3v) is 2.12. The Hall–Kier alpha value is -2.51. The minimum Gasteiger partial charge on any atom is -0.502 e. The number of allylic oxidation sites excluding steroid dienone is 1. The monoisotopic (exact) mass is 304 g/mol. The fraction of sp³-hybridized carbons (Fsp3) is 0.231. The number of ketones is 1. The quantitative estimate of drug-likeness (QED) is 0.392. The van der Waals surface area contributed by atoms with E-state index in [-0.39, 0.29) is 12.2 Å². The van der Waals surface area contributed by atoms with E-state index < -0.39 is 29.6 Å². The Labute approximate surface area is 117 Å². The van der Waals surface area contributed by atoms with Crippen LogP contribution in [0.4, 0.5) is 13.2 Å². The van der Waals surface area contributed by atoms with E-state index in [1.165, 1.54) is 6.92 Å². The molecule has 8 heteroatoms. The van der Waals surface area contributed by atoms with Crippen LogP contribution in [0.15, 0.2) is 36.1 Å². The van der Waals surface area contributed by atoms with Gasteiger partial charge in [-0.1, -0.05) is 0 Å². The number of rotatable bonds is 5. The molecule has 1 rings (SSSR count). The van der Waals surface area contributed by atoms with Crippen LogP contribution in [0, 0.1) is 0 Å². The molecule has 5 nitrogen and oxygen atoms in total. The number of benzene rings is 1. The number of esters is 1. The number of ether oxygens (including phenoxy) is 2. The second-order valence-electron chi connectivity index (χ2n) is 3.69. The van der Waals surface area contributed by atoms with Crippen molar-refractivity contribution in [3.63, 3.8) is 0 Å². The van der Waals surface area contributed by atoms with E-state index in [9.17, 15) is 27.9 Å². The first kappa shape index (κ1) is 16.5. The molecule has 0 aliphatic heterocycles. The molecule has 1 aromatic rings. The largest absolute Gasteiger partial charge is 0.573 e. The third-order valence-electron chi connectivity index (χ3n) is 2.12. The van der Waals surface area contributed by atoms with Gasteiger partial charge in [-0.05, 0) is 31.2 Å². The summed E-state index contributed by atoms with van der Waals surface area (Å²) in [6.45, 7) is 1.54. The summed E-state index contributed by atoms with van der Waals surface area (Å²) in [4.78, 5) is 22.7. The molecule has 114 valence electrons. The van der Waals surface area contributed by atoms with E-state index >= 15 is 0 Å². The van der Waals surface area contributed by atoms with Crippen molar-refractivity contribution in [2.24, 2.45) is 0 Å². The van der Waals surface area contributed by atoms with Crippen molar-refractivity contribution in [2.45, 2.75) is 13.3 Å². The highest BCUT2D eigenvalue weighted by molar-refractivity contribution is 6.07. The number of hydrogen-bond donors (Lipinski definition) is 1. The minimum atomic E-state index is -4.83. The van der Waals surface area contributed by atoms with E-state index in [1.807, 2.05) is 0 Å². The molecule has 0 heterocycles. The first-order chi connectivity index (χ1) is 9.73. The van der Waals surface area contributed by atoms with E-state index in [0.717, 1.165) is 24.3 Å². The lowest BCUT2D eigenvalue weighted by Crippen LogP contribution is -2.17. The zero-order chi connectivity index (χ0) is 16.0. The average molecular weight is 304 g/mol. The molecule has 1 N–H and O–H groups in total. The summed E-state index contributed by atoms with van der Waals surface area (Å²) >= 11 is 0. The summed E-state index contributed by atoms with van der Waals surface area (Å²) in [5, 5.41) is 9.28. The number of carbonyl (C=O) groups excluding carboxylic acids is 2. The second kappa shape index (κ2) is 6.78. The maximum absolute atomic E-state index is 12.0. The maximum atomic E-state index is 12.0. The van der Waals surface area contributed by atoms with Gasteiger partial charge in [-0.2, -0.15) is 0 Å². The molecule has 0 atom stereocenters. The van der Waals surface area contributed by atoms with Crippen LogP contribution < -0.4 is 4.74 Å². The highest BCUT2D eigenvalue weighted by Gasteiger charge is 2.31. The van der Waals surface area contributed by atoms with Gasteiger partial charge in [0, 0.05) is 11.6 Å². The van der Waals surface area contributed by atoms with Gasteiger partial charge in [0.15, 0.2) is 5.78 Å². The summed E-state index contributed by atoms with van der Waals surface area (Å²) in [5.74, 6) is -3.21. The number of hydrogen-bond acceptors (Lipinski definition) is 5. The zero-order valence-corrected chi connectivity index (χ0v) is 10.8. The Kier molecular flexibility index (Phi) is 5.34. The zero-order valence-electron chi connectivity index (χ0n) is 10.8. The number of alkyl halides is 3. The van der Waals surface area contributed by atoms with Gasteiger partial charge >= 0.3 is 12.3 Å². The van der Waals surface area contributed by atoms with Crippen LogP contribution >= 0.6 is 0 Å². The molecule has 0 saturated heterocycles. The average Bonchev–Trinajstić information content (AvgIpc) is 2.37. The lowest BCUT2D eigenvalue weighted by Gasteiger charge is -2.08. The molecule has 21 heavy (non-hydrogen) atoms. The van der Waals surface area contributed by atoms with Crippen LogP contribution in [-0.4, -0.2) is 29.8 Å². The summed E-state index contributed by atoms with van der Waals surface area (Å²) < 4.78 is 43.9. The summed E-state index contributed by atoms with van der Waals surface area (Å²) in [7, 11) is 0. The van der Waals surface area contributed by atoms with Gasteiger partial charge in [0.1, 0.15) is 5.75 Å². The fourth-order valence-electron chi connectivity index (χ4n) is 1.29. The predicted molar refractivity (Wildman–Crippen MR) is 64.8 cm³/mol. The smallest absolute Gasteiger partial charge is 0.502 e. The van der Waals surface area contributed by atoms with Gasteiger partial charge in [0.25, 0.3) is 0 Å². The van der Waals surface area contributed by atoms with Crippen molar-refractivity contribution in [1.82, 2.24) is 0 Å². The normalized spacial score (nSPS) is 11.9. The van der Waals surface area contributed by atoms with Crippen LogP contribution in [0.25, 0.3) is 0 Å². The van der Waals surface area contributed by atoms with Crippen LogP contribution in [0.1, 0.15) is 17.3 Å². The molecule has 0 unspecified atom stereocenters. The molecule has 0 amide bonds. The maximum Gasteiger partial charge on any atom is 0.573 e. The molecule has 0 saturated carbocycles. The SMILES string of the molecule is CCOC(=O)/C(O)=C\C(=O)c1ccc(OC(F)(F)F)cc1. The first-order valence-corrected chi connectivity index (χ1v) is 5.71. The lowest BCUT2D eigenvalue weighted by molar-refractivity contribution is -0.274. The Morgan fingerprint density at radius 3 is 2.29 bits per heavy atom. The van der Waals surface area contributed by atoms with Crippen LogP contribution in [0.3, 0.4) is 0 Å². The standard InChI is InChI=1S/C13H11F3O5/c1-2-20-12(19)11(18)7-10(17)8-3-5-9(6-4-8)21-13(14,15)16/h3-7,18H,2H2,1H3/b11-7+. The Morgan fingerprint density at radius 1 is 1.24 bits per heavy atom. The van der Waals surface area contributed by atoms with Gasteiger partial charge in [0.05, 0.1) is 6.61 Å². The number of aliphatic hydroxyl groups excluding tert-OH is 1. The number of carbonyl (C=O) groups is 2. The molecule has 1 aromatic carbocycles. The fourth-order valence-corrected chi connectivity index (χ4v) is 1.29. The molecule has 0 aromatic heterocycles. The van der Waals surface area contributed by atoms with Crippen molar-refractivity contribution < 1.29 is 37.3 Å². The number of aliphatic hydroxyl groups is 1. The Bertz CT molecular complexity index is 546.